The van der Waals surface area contributed by atoms with Gasteiger partial charge in [-0.15, -0.1) is 0 Å². The van der Waals surface area contributed by atoms with E-state index in [1.807, 2.05) is 13.0 Å². The topological polar surface area (TPSA) is 70.0 Å². The zero-order valence-electron chi connectivity index (χ0n) is 14.1. The molecule has 5 heteroatoms. The second kappa shape index (κ2) is 6.73. The van der Waals surface area contributed by atoms with Crippen molar-refractivity contribution in [1.82, 2.24) is 4.90 Å². The van der Waals surface area contributed by atoms with Crippen LogP contribution in [0.4, 0.5) is 0 Å². The Hall–Kier alpha value is -3.21. The fourth-order valence-electron chi connectivity index (χ4n) is 2.78. The van der Waals surface area contributed by atoms with Crippen LogP contribution in [0.25, 0.3) is 6.08 Å². The first-order valence-electron chi connectivity index (χ1n) is 7.84. The second-order valence-corrected chi connectivity index (χ2v) is 5.90. The Balaban J connectivity index is 1.85. The van der Waals surface area contributed by atoms with E-state index in [9.17, 15) is 15.0 Å². The number of methoxy groups -OCH3 is 1. The van der Waals surface area contributed by atoms with Gasteiger partial charge in [-0.25, -0.2) is 0 Å². The lowest BCUT2D eigenvalue weighted by molar-refractivity contribution is -0.123. The van der Waals surface area contributed by atoms with Crippen molar-refractivity contribution in [2.24, 2.45) is 0 Å². The van der Waals surface area contributed by atoms with Gasteiger partial charge in [0.25, 0.3) is 5.91 Å². The maximum atomic E-state index is 12.7. The first kappa shape index (κ1) is 16.6. The molecule has 2 N–H and O–H groups in total. The van der Waals surface area contributed by atoms with Crippen LogP contribution in [-0.2, 0) is 11.3 Å². The maximum absolute atomic E-state index is 12.7. The van der Waals surface area contributed by atoms with Crippen molar-refractivity contribution < 1.29 is 19.7 Å². The van der Waals surface area contributed by atoms with Crippen LogP contribution < -0.4 is 4.74 Å². The van der Waals surface area contributed by atoms with Crippen LogP contribution in [0.1, 0.15) is 18.1 Å². The molecule has 0 bridgehead atoms. The molecule has 1 aliphatic rings. The minimum Gasteiger partial charge on any atom is -0.508 e. The molecule has 128 valence electrons. The van der Waals surface area contributed by atoms with Crippen LogP contribution in [0.5, 0.6) is 17.2 Å². The Labute approximate surface area is 146 Å². The number of phenolic OH excluding ortho intramolecular Hbond substituents is 2. The molecule has 0 spiro atoms. The molecule has 0 unspecified atom stereocenters. The van der Waals surface area contributed by atoms with Crippen molar-refractivity contribution in [2.45, 2.75) is 13.5 Å². The minimum atomic E-state index is -0.104. The molecule has 0 radical (unpaired) electrons. The number of phenols is 2. The lowest BCUT2D eigenvalue weighted by Crippen LogP contribution is -2.21. The van der Waals surface area contributed by atoms with Crippen molar-refractivity contribution in [2.75, 3.05) is 7.11 Å². The predicted octanol–water partition coefficient (Wildman–Crippen LogP) is 3.44. The van der Waals surface area contributed by atoms with Crippen molar-refractivity contribution in [3.8, 4) is 17.2 Å². The number of hydrogen-bond donors (Lipinski definition) is 2. The highest BCUT2D eigenvalue weighted by Gasteiger charge is 2.25. The van der Waals surface area contributed by atoms with E-state index in [0.717, 1.165) is 16.7 Å². The first-order valence-corrected chi connectivity index (χ1v) is 7.84. The summed E-state index contributed by atoms with van der Waals surface area (Å²) in [6.45, 7) is 2.27. The molecule has 0 atom stereocenters. The number of rotatable bonds is 4. The number of carbonyl (C=O) groups is 1. The molecule has 1 amide bonds. The Morgan fingerprint density at radius 2 is 1.96 bits per heavy atom. The lowest BCUT2D eigenvalue weighted by Gasteiger charge is -2.14. The molecule has 5 nitrogen and oxygen atoms in total. The van der Waals surface area contributed by atoms with E-state index < -0.39 is 0 Å². The highest BCUT2D eigenvalue weighted by molar-refractivity contribution is 6.05. The van der Waals surface area contributed by atoms with Crippen LogP contribution in [-0.4, -0.2) is 28.1 Å². The molecular formula is C20H19NO4. The molecule has 0 aromatic heterocycles. The smallest absolute Gasteiger partial charge is 0.258 e. The largest absolute Gasteiger partial charge is 0.508 e. The molecule has 0 saturated heterocycles. The molecule has 25 heavy (non-hydrogen) atoms. The van der Waals surface area contributed by atoms with E-state index >= 15 is 0 Å². The van der Waals surface area contributed by atoms with Gasteiger partial charge >= 0.3 is 0 Å². The van der Waals surface area contributed by atoms with Gasteiger partial charge in [0.2, 0.25) is 0 Å². The van der Waals surface area contributed by atoms with E-state index in [1.165, 1.54) is 13.2 Å². The lowest BCUT2D eigenvalue weighted by atomic mass is 10.1. The monoisotopic (exact) mass is 337 g/mol. The van der Waals surface area contributed by atoms with Gasteiger partial charge in [0.05, 0.1) is 13.7 Å². The van der Waals surface area contributed by atoms with E-state index in [0.29, 0.717) is 17.9 Å². The van der Waals surface area contributed by atoms with E-state index in [4.69, 9.17) is 4.74 Å². The number of benzene rings is 2. The summed E-state index contributed by atoms with van der Waals surface area (Å²) in [5, 5.41) is 19.2. The summed E-state index contributed by atoms with van der Waals surface area (Å²) in [6, 6.07) is 11.8. The molecule has 0 fully saturated rings. The number of ether oxygens (including phenoxy) is 1. The van der Waals surface area contributed by atoms with Crippen LogP contribution in [0.3, 0.4) is 0 Å². The molecular weight excluding hydrogens is 318 g/mol. The zero-order chi connectivity index (χ0) is 18.0. The fourth-order valence-corrected chi connectivity index (χ4v) is 2.78. The third-order valence-corrected chi connectivity index (χ3v) is 4.04. The molecule has 0 saturated carbocycles. The molecule has 2 aromatic rings. The fraction of sp³-hybridized carbons (Fsp3) is 0.150. The van der Waals surface area contributed by atoms with Crippen LogP contribution >= 0.6 is 0 Å². The number of nitrogens with zero attached hydrogens (tertiary/aromatic N) is 1. The van der Waals surface area contributed by atoms with Gasteiger partial charge in [-0.05, 0) is 54.0 Å². The highest BCUT2D eigenvalue weighted by atomic mass is 16.5. The SMILES string of the molecule is COc1cc(/C=C2\C(=O)N(Cc3cccc(O)c3)C=C2C)ccc1O. The summed E-state index contributed by atoms with van der Waals surface area (Å²) in [5.41, 5.74) is 3.07. The van der Waals surface area contributed by atoms with Crippen molar-refractivity contribution in [1.29, 1.82) is 0 Å². The third kappa shape index (κ3) is 3.50. The molecule has 2 aromatic carbocycles. The summed E-state index contributed by atoms with van der Waals surface area (Å²) in [6.07, 6.45) is 3.58. The van der Waals surface area contributed by atoms with Gasteiger partial charge in [-0.2, -0.15) is 0 Å². The Bertz CT molecular complexity index is 883. The van der Waals surface area contributed by atoms with Gasteiger partial charge in [-0.3, -0.25) is 4.79 Å². The highest BCUT2D eigenvalue weighted by Crippen LogP contribution is 2.30. The minimum absolute atomic E-state index is 0.0557. The number of aromatic hydroxyl groups is 2. The standard InChI is InChI=1S/C20H19NO4/c1-13-11-21(12-15-4-3-5-16(22)8-15)20(24)17(13)9-14-6-7-18(23)19(10-14)25-2/h3-11,22-23H,12H2,1-2H3/b17-9-. The summed E-state index contributed by atoms with van der Waals surface area (Å²) in [5.74, 6) is 0.489. The van der Waals surface area contributed by atoms with Gasteiger partial charge in [0.15, 0.2) is 11.5 Å². The van der Waals surface area contributed by atoms with Gasteiger partial charge < -0.3 is 19.8 Å². The predicted molar refractivity (Wildman–Crippen MR) is 95.0 cm³/mol. The van der Waals surface area contributed by atoms with Crippen molar-refractivity contribution in [3.05, 3.63) is 70.9 Å². The van der Waals surface area contributed by atoms with E-state index in [1.54, 1.807) is 47.5 Å². The van der Waals surface area contributed by atoms with Crippen LogP contribution in [0.15, 0.2) is 59.8 Å². The van der Waals surface area contributed by atoms with E-state index in [2.05, 4.69) is 0 Å². The van der Waals surface area contributed by atoms with E-state index in [-0.39, 0.29) is 17.4 Å². The third-order valence-electron chi connectivity index (χ3n) is 4.04. The maximum Gasteiger partial charge on any atom is 0.258 e. The first-order chi connectivity index (χ1) is 12.0. The normalized spacial score (nSPS) is 15.6. The Morgan fingerprint density at radius 3 is 2.68 bits per heavy atom. The average Bonchev–Trinajstić information content (AvgIpc) is 2.84. The van der Waals surface area contributed by atoms with Gasteiger partial charge in [-0.1, -0.05) is 18.2 Å². The van der Waals surface area contributed by atoms with Crippen LogP contribution in [0.2, 0.25) is 0 Å². The van der Waals surface area contributed by atoms with Crippen molar-refractivity contribution >= 4 is 12.0 Å². The van der Waals surface area contributed by atoms with Gasteiger partial charge in [0.1, 0.15) is 5.75 Å². The Kier molecular flexibility index (Phi) is 4.48. The average molecular weight is 337 g/mol. The summed E-state index contributed by atoms with van der Waals surface area (Å²) >= 11 is 0. The van der Waals surface area contributed by atoms with Crippen molar-refractivity contribution in [3.63, 3.8) is 0 Å². The summed E-state index contributed by atoms with van der Waals surface area (Å²) in [4.78, 5) is 14.3. The zero-order valence-corrected chi connectivity index (χ0v) is 14.1. The molecule has 3 rings (SSSR count). The number of carbonyl (C=O) groups excluding carboxylic acids is 1. The molecule has 1 aliphatic heterocycles. The molecule has 1 heterocycles. The molecule has 0 aliphatic carbocycles. The van der Waals surface area contributed by atoms with Crippen LogP contribution in [0, 0.1) is 0 Å². The second-order valence-electron chi connectivity index (χ2n) is 5.90. The van der Waals surface area contributed by atoms with Gasteiger partial charge in [0, 0.05) is 11.8 Å². The summed E-state index contributed by atoms with van der Waals surface area (Å²) < 4.78 is 5.10. The number of amides is 1. The Morgan fingerprint density at radius 1 is 1.16 bits per heavy atom. The quantitative estimate of drug-likeness (QED) is 0.839. The summed E-state index contributed by atoms with van der Waals surface area (Å²) in [7, 11) is 1.48. The number of hydrogen-bond acceptors (Lipinski definition) is 4.